The number of ether oxygens (including phenoxy) is 1. The van der Waals surface area contributed by atoms with Gasteiger partial charge < -0.3 is 4.74 Å². The molecule has 0 spiro atoms. The normalized spacial score (nSPS) is 9.86. The highest BCUT2D eigenvalue weighted by Crippen LogP contribution is 2.05. The van der Waals surface area contributed by atoms with Crippen LogP contribution in [0.15, 0.2) is 18.3 Å². The third kappa shape index (κ3) is 3.10. The molecule has 0 atom stereocenters. The van der Waals surface area contributed by atoms with E-state index in [1.165, 1.54) is 7.11 Å². The van der Waals surface area contributed by atoms with Gasteiger partial charge in [0.1, 0.15) is 5.69 Å². The van der Waals surface area contributed by atoms with E-state index in [1.807, 2.05) is 6.07 Å². The van der Waals surface area contributed by atoms with E-state index in [1.54, 1.807) is 12.3 Å². The summed E-state index contributed by atoms with van der Waals surface area (Å²) in [7, 11) is 1.35. The van der Waals surface area contributed by atoms with Gasteiger partial charge in [0.25, 0.3) is 0 Å². The van der Waals surface area contributed by atoms with Crippen LogP contribution < -0.4 is 0 Å². The Morgan fingerprint density at radius 3 is 2.86 bits per heavy atom. The van der Waals surface area contributed by atoms with Gasteiger partial charge in [-0.05, 0) is 24.5 Å². The van der Waals surface area contributed by atoms with Crippen molar-refractivity contribution in [1.82, 2.24) is 4.98 Å². The van der Waals surface area contributed by atoms with Crippen LogP contribution in [-0.2, 0) is 11.2 Å². The van der Waals surface area contributed by atoms with Crippen LogP contribution in [0.5, 0.6) is 0 Å². The summed E-state index contributed by atoms with van der Waals surface area (Å²) in [5, 5.41) is 0.978. The molecular weight excluding hydrogens is 246 g/mol. The second-order valence-electron chi connectivity index (χ2n) is 2.84. The number of hydrogen-bond acceptors (Lipinski definition) is 3. The van der Waals surface area contributed by atoms with Gasteiger partial charge in [-0.1, -0.05) is 22.0 Å². The highest BCUT2D eigenvalue weighted by Gasteiger charge is 2.05. The Morgan fingerprint density at radius 1 is 1.57 bits per heavy atom. The molecule has 0 aliphatic heterocycles. The fourth-order valence-electron chi connectivity index (χ4n) is 1.07. The second kappa shape index (κ2) is 5.75. The average Bonchev–Trinajstić information content (AvgIpc) is 2.26. The predicted octanol–water partition coefficient (Wildman–Crippen LogP) is 2.20. The first-order valence-corrected chi connectivity index (χ1v) is 5.49. The second-order valence-corrected chi connectivity index (χ2v) is 3.63. The summed E-state index contributed by atoms with van der Waals surface area (Å²) in [4.78, 5) is 15.1. The Hall–Kier alpha value is -0.900. The summed E-state index contributed by atoms with van der Waals surface area (Å²) < 4.78 is 4.55. The fraction of sp³-hybridized carbons (Fsp3) is 0.400. The minimum atomic E-state index is -0.392. The van der Waals surface area contributed by atoms with E-state index in [0.29, 0.717) is 5.69 Å². The molecule has 0 fully saturated rings. The van der Waals surface area contributed by atoms with Gasteiger partial charge in [-0.15, -0.1) is 0 Å². The van der Waals surface area contributed by atoms with Crippen LogP contribution in [0.4, 0.5) is 0 Å². The monoisotopic (exact) mass is 257 g/mol. The molecule has 0 radical (unpaired) electrons. The Balaban J connectivity index is 2.63. The molecule has 3 nitrogen and oxygen atoms in total. The largest absolute Gasteiger partial charge is 0.464 e. The molecule has 4 heteroatoms. The van der Waals surface area contributed by atoms with Crippen LogP contribution >= 0.6 is 15.9 Å². The summed E-state index contributed by atoms with van der Waals surface area (Å²) in [6.07, 6.45) is 3.76. The predicted molar refractivity (Wildman–Crippen MR) is 57.7 cm³/mol. The van der Waals surface area contributed by atoms with Crippen molar-refractivity contribution in [2.45, 2.75) is 12.8 Å². The number of hydrogen-bond donors (Lipinski definition) is 0. The number of carbonyl (C=O) groups is 1. The molecule has 0 aliphatic rings. The molecule has 0 bridgehead atoms. The molecule has 0 aliphatic carbocycles. The third-order valence-electron chi connectivity index (χ3n) is 1.82. The van der Waals surface area contributed by atoms with Crippen LogP contribution in [0, 0.1) is 0 Å². The molecule has 0 saturated heterocycles. The minimum Gasteiger partial charge on any atom is -0.464 e. The molecule has 1 heterocycles. The van der Waals surface area contributed by atoms with Crippen molar-refractivity contribution in [3.63, 3.8) is 0 Å². The lowest BCUT2D eigenvalue weighted by Gasteiger charge is -2.00. The van der Waals surface area contributed by atoms with Crippen LogP contribution in [0.1, 0.15) is 22.5 Å². The Labute approximate surface area is 91.6 Å². The van der Waals surface area contributed by atoms with Gasteiger partial charge in [0.2, 0.25) is 0 Å². The molecule has 0 amide bonds. The number of aryl methyl sites for hydroxylation is 1. The number of nitrogens with zero attached hydrogens (tertiary/aromatic N) is 1. The summed E-state index contributed by atoms with van der Waals surface area (Å²) in [6.45, 7) is 0. The highest BCUT2D eigenvalue weighted by molar-refractivity contribution is 9.09. The molecule has 1 aromatic rings. The molecule has 1 rings (SSSR count). The number of alkyl halides is 1. The molecular formula is C10H12BrNO2. The van der Waals surface area contributed by atoms with Gasteiger partial charge >= 0.3 is 5.97 Å². The van der Waals surface area contributed by atoms with E-state index < -0.39 is 5.97 Å². The lowest BCUT2D eigenvalue weighted by Crippen LogP contribution is -2.04. The van der Waals surface area contributed by atoms with E-state index in [-0.39, 0.29) is 0 Å². The van der Waals surface area contributed by atoms with Gasteiger partial charge in [-0.3, -0.25) is 0 Å². The van der Waals surface area contributed by atoms with E-state index in [4.69, 9.17) is 0 Å². The van der Waals surface area contributed by atoms with Crippen molar-refractivity contribution >= 4 is 21.9 Å². The van der Waals surface area contributed by atoms with E-state index in [2.05, 4.69) is 25.7 Å². The smallest absolute Gasteiger partial charge is 0.356 e. The molecule has 0 aromatic carbocycles. The number of esters is 1. The molecule has 0 N–H and O–H groups in total. The Bertz CT molecular complexity index is 297. The van der Waals surface area contributed by atoms with Gasteiger partial charge in [0.15, 0.2) is 0 Å². The van der Waals surface area contributed by atoms with Crippen molar-refractivity contribution in [2.24, 2.45) is 0 Å². The van der Waals surface area contributed by atoms with Crippen molar-refractivity contribution in [3.05, 3.63) is 29.6 Å². The summed E-state index contributed by atoms with van der Waals surface area (Å²) >= 11 is 3.36. The molecule has 0 saturated carbocycles. The Kier molecular flexibility index (Phi) is 4.59. The number of methoxy groups -OCH3 is 1. The number of carbonyl (C=O) groups excluding carboxylic acids is 1. The zero-order chi connectivity index (χ0) is 10.4. The molecule has 76 valence electrons. The van der Waals surface area contributed by atoms with Gasteiger partial charge in [0.05, 0.1) is 7.11 Å². The third-order valence-corrected chi connectivity index (χ3v) is 2.38. The standard InChI is InChI=1S/C10H12BrNO2/c1-14-10(13)9-5-4-8(7-12-9)3-2-6-11/h4-5,7H,2-3,6H2,1H3. The van der Waals surface area contributed by atoms with Crippen LogP contribution in [0.3, 0.4) is 0 Å². The maximum absolute atomic E-state index is 11.0. The number of pyridine rings is 1. The lowest BCUT2D eigenvalue weighted by atomic mass is 10.1. The Morgan fingerprint density at radius 2 is 2.36 bits per heavy atom. The first-order chi connectivity index (χ1) is 6.77. The highest BCUT2D eigenvalue weighted by atomic mass is 79.9. The molecule has 14 heavy (non-hydrogen) atoms. The fourth-order valence-corrected chi connectivity index (χ4v) is 1.35. The summed E-state index contributed by atoms with van der Waals surface area (Å²) in [5.74, 6) is -0.392. The van der Waals surface area contributed by atoms with Crippen molar-refractivity contribution in [2.75, 3.05) is 12.4 Å². The van der Waals surface area contributed by atoms with Crippen LogP contribution in [0.25, 0.3) is 0 Å². The zero-order valence-corrected chi connectivity index (χ0v) is 9.58. The topological polar surface area (TPSA) is 39.2 Å². The van der Waals surface area contributed by atoms with Crippen LogP contribution in [0.2, 0.25) is 0 Å². The maximum atomic E-state index is 11.0. The maximum Gasteiger partial charge on any atom is 0.356 e. The first-order valence-electron chi connectivity index (χ1n) is 4.37. The van der Waals surface area contributed by atoms with Crippen LogP contribution in [-0.4, -0.2) is 23.4 Å². The number of aromatic nitrogens is 1. The number of rotatable bonds is 4. The summed E-state index contributed by atoms with van der Waals surface area (Å²) in [5.41, 5.74) is 1.49. The van der Waals surface area contributed by atoms with Crippen molar-refractivity contribution in [1.29, 1.82) is 0 Å². The molecule has 1 aromatic heterocycles. The number of halogens is 1. The van der Waals surface area contributed by atoms with Gasteiger partial charge in [-0.2, -0.15) is 0 Å². The van der Waals surface area contributed by atoms with Crippen molar-refractivity contribution in [3.8, 4) is 0 Å². The van der Waals surface area contributed by atoms with Gasteiger partial charge in [0, 0.05) is 11.5 Å². The van der Waals surface area contributed by atoms with E-state index >= 15 is 0 Å². The van der Waals surface area contributed by atoms with Crippen molar-refractivity contribution < 1.29 is 9.53 Å². The van der Waals surface area contributed by atoms with E-state index in [0.717, 1.165) is 23.7 Å². The SMILES string of the molecule is COC(=O)c1ccc(CCCBr)cn1. The van der Waals surface area contributed by atoms with Gasteiger partial charge in [-0.25, -0.2) is 9.78 Å². The van der Waals surface area contributed by atoms with E-state index in [9.17, 15) is 4.79 Å². The zero-order valence-electron chi connectivity index (χ0n) is 8.00. The lowest BCUT2D eigenvalue weighted by molar-refractivity contribution is 0.0594. The minimum absolute atomic E-state index is 0.357. The quantitative estimate of drug-likeness (QED) is 0.613. The molecule has 0 unspecified atom stereocenters. The summed E-state index contributed by atoms with van der Waals surface area (Å²) in [6, 6.07) is 3.59. The average molecular weight is 258 g/mol. The first kappa shape index (κ1) is 11.2.